The number of furan rings is 2. The average Bonchev–Trinajstić information content (AvgIpc) is 1.54. The summed E-state index contributed by atoms with van der Waals surface area (Å²) in [5.74, 6) is 0. The van der Waals surface area contributed by atoms with Crippen molar-refractivity contribution >= 4 is 165 Å². The van der Waals surface area contributed by atoms with Gasteiger partial charge in [-0.15, -0.1) is 0 Å². The lowest BCUT2D eigenvalue weighted by atomic mass is 10.0. The van der Waals surface area contributed by atoms with Gasteiger partial charge in [-0.05, 0) is 257 Å². The van der Waals surface area contributed by atoms with Gasteiger partial charge >= 0.3 is 0 Å². The summed E-state index contributed by atoms with van der Waals surface area (Å²) in [5, 5.41) is 14.1. The van der Waals surface area contributed by atoms with Gasteiger partial charge in [0.1, 0.15) is 22.3 Å². The van der Waals surface area contributed by atoms with Crippen LogP contribution in [0.4, 0.5) is 34.1 Å². The van der Waals surface area contributed by atoms with Crippen LogP contribution in [0.25, 0.3) is 198 Å². The van der Waals surface area contributed by atoms with Gasteiger partial charge in [-0.1, -0.05) is 224 Å². The van der Waals surface area contributed by atoms with Gasteiger partial charge in [0, 0.05) is 122 Å². The van der Waals surface area contributed by atoms with Crippen molar-refractivity contribution in [1.82, 2.24) is 18.3 Å². The topological polar surface area (TPSA) is 52.5 Å². The summed E-state index contributed by atoms with van der Waals surface area (Å²) in [5.41, 5.74) is 32.6. The molecular weight excluding hydrogens is 1490 g/mol. The van der Waals surface area contributed by atoms with Crippen LogP contribution < -0.4 is 9.80 Å². The van der Waals surface area contributed by atoms with Gasteiger partial charge in [0.25, 0.3) is 0 Å². The molecule has 0 saturated carbocycles. The number of nitrogens with zero attached hydrogens (tertiary/aromatic N) is 6. The zero-order valence-electron chi connectivity index (χ0n) is 66.1. The van der Waals surface area contributed by atoms with E-state index in [1.165, 1.54) is 76.2 Å². The second-order valence-corrected chi connectivity index (χ2v) is 31.9. The van der Waals surface area contributed by atoms with Crippen LogP contribution in [-0.2, 0) is 0 Å². The third-order valence-corrected chi connectivity index (χ3v) is 25.2. The summed E-state index contributed by atoms with van der Waals surface area (Å²) in [4.78, 5) is 4.72. The maximum atomic E-state index is 6.85. The molecule has 0 unspecified atom stereocenters. The molecule has 0 N–H and O–H groups in total. The number of para-hydroxylation sites is 8. The van der Waals surface area contributed by atoms with Crippen molar-refractivity contribution in [2.24, 2.45) is 0 Å². The first-order valence-corrected chi connectivity index (χ1v) is 41.7. The predicted octanol–water partition coefficient (Wildman–Crippen LogP) is 31.5. The Morgan fingerprint density at radius 3 is 0.779 bits per heavy atom. The zero-order valence-corrected chi connectivity index (χ0v) is 66.1. The van der Waals surface area contributed by atoms with Crippen LogP contribution in [0, 0.1) is 0 Å². The molecule has 6 heterocycles. The highest BCUT2D eigenvalue weighted by Gasteiger charge is 2.24. The first-order valence-electron chi connectivity index (χ1n) is 41.7. The Labute approximate surface area is 701 Å². The van der Waals surface area contributed by atoms with E-state index in [9.17, 15) is 0 Å². The van der Waals surface area contributed by atoms with E-state index in [1.807, 2.05) is 12.1 Å². The number of hydrogen-bond donors (Lipinski definition) is 0. The highest BCUT2D eigenvalue weighted by Crippen LogP contribution is 2.47. The van der Waals surface area contributed by atoms with Crippen LogP contribution in [-0.4, -0.2) is 18.3 Å². The van der Waals surface area contributed by atoms with Gasteiger partial charge in [-0.2, -0.15) is 0 Å². The quantitative estimate of drug-likeness (QED) is 0.109. The standard InChI is InChI=1S/C114H72N6O2/c1-2-18-81(19-3-1)117-107-31-15-8-24-95(107)99-68-78(45-64-109(99)117)75-38-49-83(50-39-75)115(82-47-34-73(35-48-82)74-36-53-86(54-37-74)118-103-27-11-4-20-91(103)92-21-5-12-28-104(92)118)90-62-67-113-102(72-90)98-63-44-80(70-114(98)122-113)77-42-55-87(56-43-77)120-108-32-16-9-25-96(108)100-69-79(46-65-110(100)120)76-40-51-84(52-41-76)116(89-61-66-112-101(71-89)97-26-10-17-33-111(97)121-112)85-57-59-88(60-58-85)119-105-29-13-6-22-93(105)94-23-7-14-30-106(94)119/h1-72H. The highest BCUT2D eigenvalue weighted by molar-refractivity contribution is 6.15. The number of anilines is 6. The molecule has 570 valence electrons. The van der Waals surface area contributed by atoms with Crippen LogP contribution in [0.3, 0.4) is 0 Å². The molecule has 6 aromatic heterocycles. The van der Waals surface area contributed by atoms with E-state index in [4.69, 9.17) is 8.83 Å². The Kier molecular flexibility index (Phi) is 15.6. The molecule has 0 amide bonds. The van der Waals surface area contributed by atoms with Crippen molar-refractivity contribution in [2.45, 2.75) is 0 Å². The molecule has 0 aliphatic heterocycles. The molecule has 19 aromatic carbocycles. The highest BCUT2D eigenvalue weighted by atomic mass is 16.3. The third kappa shape index (κ3) is 11.1. The van der Waals surface area contributed by atoms with Gasteiger partial charge in [0.2, 0.25) is 0 Å². The molecule has 122 heavy (non-hydrogen) atoms. The van der Waals surface area contributed by atoms with Crippen molar-refractivity contribution in [2.75, 3.05) is 9.80 Å². The fourth-order valence-electron chi connectivity index (χ4n) is 19.4. The number of rotatable bonds is 14. The van der Waals surface area contributed by atoms with E-state index < -0.39 is 0 Å². The van der Waals surface area contributed by atoms with Crippen LogP contribution in [0.15, 0.2) is 446 Å². The summed E-state index contributed by atoms with van der Waals surface area (Å²) in [6.45, 7) is 0. The maximum absolute atomic E-state index is 6.85. The lowest BCUT2D eigenvalue weighted by molar-refractivity contribution is 0.668. The Bertz CT molecular complexity index is 8370. The number of fused-ring (bicyclic) bond motifs is 18. The van der Waals surface area contributed by atoms with Gasteiger partial charge in [0.05, 0.1) is 44.1 Å². The molecular formula is C114H72N6O2. The molecule has 0 fully saturated rings. The van der Waals surface area contributed by atoms with E-state index in [-0.39, 0.29) is 0 Å². The molecule has 0 aliphatic carbocycles. The largest absolute Gasteiger partial charge is 0.456 e. The number of aromatic nitrogens is 4. The second-order valence-electron chi connectivity index (χ2n) is 31.9. The van der Waals surface area contributed by atoms with Crippen molar-refractivity contribution < 1.29 is 8.83 Å². The minimum Gasteiger partial charge on any atom is -0.456 e. The maximum Gasteiger partial charge on any atom is 0.136 e. The number of hydrogen-bond acceptors (Lipinski definition) is 4. The van der Waals surface area contributed by atoms with Crippen LogP contribution in [0.1, 0.15) is 0 Å². The predicted molar refractivity (Wildman–Crippen MR) is 509 cm³/mol. The smallest absolute Gasteiger partial charge is 0.136 e. The third-order valence-electron chi connectivity index (χ3n) is 25.2. The van der Waals surface area contributed by atoms with E-state index in [2.05, 4.69) is 453 Å². The molecule has 0 saturated heterocycles. The molecule has 0 aliphatic rings. The Morgan fingerprint density at radius 2 is 0.385 bits per heavy atom. The minimum absolute atomic E-state index is 0.830. The molecule has 0 atom stereocenters. The van der Waals surface area contributed by atoms with Crippen molar-refractivity contribution in [3.05, 3.63) is 437 Å². The van der Waals surface area contributed by atoms with E-state index >= 15 is 0 Å². The number of benzene rings is 19. The van der Waals surface area contributed by atoms with Crippen molar-refractivity contribution in [3.63, 3.8) is 0 Å². The summed E-state index contributed by atoms with van der Waals surface area (Å²) in [6.07, 6.45) is 0. The first-order chi connectivity index (χ1) is 60.5. The summed E-state index contributed by atoms with van der Waals surface area (Å²) in [6, 6.07) is 159. The van der Waals surface area contributed by atoms with E-state index in [0.29, 0.717) is 0 Å². The average molecular weight is 1560 g/mol. The van der Waals surface area contributed by atoms with Gasteiger partial charge in [-0.25, -0.2) is 0 Å². The SMILES string of the molecule is c1ccc(-n2c3ccccc3c3cc(-c4ccc(N(c5ccc(-c6ccc(-n7c8ccccc8c8ccccc87)cc6)cc5)c5ccc6oc7cc(-c8ccc(-n9c%10ccccc%10c%10cc(-c%11ccc(N(c%12ccc(-n%13c%14ccccc%14c%14ccccc%14%13)cc%12)c%12ccc%13oc%14ccccc%14c%13c%12)cc%11)ccc%109)cc8)ccc7c6c5)cc4)ccc32)cc1. The first kappa shape index (κ1) is 68.8. The molecule has 25 aromatic rings. The molecule has 8 heteroatoms. The van der Waals surface area contributed by atoms with Crippen LogP contribution >= 0.6 is 0 Å². The van der Waals surface area contributed by atoms with E-state index in [0.717, 1.165) is 156 Å². The fraction of sp³-hybridized carbons (Fsp3) is 0. The summed E-state index contributed by atoms with van der Waals surface area (Å²) in [7, 11) is 0. The molecule has 0 spiro atoms. The fourth-order valence-corrected chi connectivity index (χ4v) is 19.4. The Morgan fingerprint density at radius 1 is 0.139 bits per heavy atom. The van der Waals surface area contributed by atoms with Gasteiger partial charge in [-0.3, -0.25) is 0 Å². The lowest BCUT2D eigenvalue weighted by Gasteiger charge is -2.26. The summed E-state index contributed by atoms with van der Waals surface area (Å²) >= 11 is 0. The van der Waals surface area contributed by atoms with Crippen LogP contribution in [0.5, 0.6) is 0 Å². The summed E-state index contributed by atoms with van der Waals surface area (Å²) < 4.78 is 22.7. The zero-order chi connectivity index (χ0) is 80.0. The van der Waals surface area contributed by atoms with Crippen molar-refractivity contribution in [1.29, 1.82) is 0 Å². The minimum atomic E-state index is 0.830. The Hall–Kier alpha value is -16.4. The normalized spacial score (nSPS) is 11.9. The van der Waals surface area contributed by atoms with Gasteiger partial charge in [0.15, 0.2) is 0 Å². The van der Waals surface area contributed by atoms with E-state index in [1.54, 1.807) is 0 Å². The van der Waals surface area contributed by atoms with Crippen molar-refractivity contribution in [3.8, 4) is 67.3 Å². The molecule has 0 radical (unpaired) electrons. The Balaban J connectivity index is 0.523. The van der Waals surface area contributed by atoms with Gasteiger partial charge < -0.3 is 36.9 Å². The second kappa shape index (κ2) is 27.6. The molecule has 8 nitrogen and oxygen atoms in total. The monoisotopic (exact) mass is 1560 g/mol. The molecule has 25 rings (SSSR count). The lowest BCUT2D eigenvalue weighted by Crippen LogP contribution is -2.10. The van der Waals surface area contributed by atoms with Crippen LogP contribution in [0.2, 0.25) is 0 Å². The molecule has 0 bridgehead atoms.